The number of phenolic OH excluding ortho intramolecular Hbond substituents is 1. The number of benzene rings is 6. The molecule has 0 radical (unpaired) electrons. The lowest BCUT2D eigenvalue weighted by molar-refractivity contribution is -0.105. The van der Waals surface area contributed by atoms with Gasteiger partial charge in [-0.25, -0.2) is 0 Å². The highest BCUT2D eigenvalue weighted by atomic mass is 32.2. The van der Waals surface area contributed by atoms with Crippen LogP contribution in [0.1, 0.15) is 16.7 Å². The number of aromatic nitrogens is 3. The fourth-order valence-electron chi connectivity index (χ4n) is 6.03. The molecular weight excluding hydrogens is 869 g/mol. The van der Waals surface area contributed by atoms with Crippen LogP contribution in [-0.2, 0) is 35.1 Å². The van der Waals surface area contributed by atoms with Crippen LogP contribution in [0.4, 0.5) is 39.8 Å². The van der Waals surface area contributed by atoms with Crippen LogP contribution in [0, 0.1) is 20.8 Å². The van der Waals surface area contributed by atoms with Crippen molar-refractivity contribution in [3.05, 3.63) is 108 Å². The van der Waals surface area contributed by atoms with E-state index in [4.69, 9.17) is 0 Å². The zero-order valence-electron chi connectivity index (χ0n) is 32.1. The second-order valence-electron chi connectivity index (χ2n) is 13.5. The molecule has 316 valence electrons. The van der Waals surface area contributed by atoms with Crippen molar-refractivity contribution < 1.29 is 48.8 Å². The monoisotopic (exact) mass is 898 g/mol. The quantitative estimate of drug-likeness (QED) is 0.0435. The molecule has 0 saturated carbocycles. The van der Waals surface area contributed by atoms with Gasteiger partial charge in [0.2, 0.25) is 6.41 Å². The maximum Gasteiger partial charge on any atom is 0.296 e. The van der Waals surface area contributed by atoms with Gasteiger partial charge in [-0.3, -0.25) is 18.5 Å². The summed E-state index contributed by atoms with van der Waals surface area (Å²) >= 11 is 0. The Labute approximate surface area is 351 Å². The van der Waals surface area contributed by atoms with Crippen molar-refractivity contribution in [2.45, 2.75) is 35.5 Å². The van der Waals surface area contributed by atoms with Crippen LogP contribution in [0.5, 0.6) is 5.75 Å². The van der Waals surface area contributed by atoms with Crippen molar-refractivity contribution >= 4 is 98.4 Å². The maximum atomic E-state index is 12.3. The number of aryl methyl sites for hydroxylation is 3. The van der Waals surface area contributed by atoms with Gasteiger partial charge in [0.05, 0.1) is 33.3 Å². The Bertz CT molecular complexity index is 3430. The molecule has 0 bridgehead atoms. The van der Waals surface area contributed by atoms with Gasteiger partial charge in [-0.2, -0.15) is 50.5 Å². The first-order valence-electron chi connectivity index (χ1n) is 17.6. The molecule has 0 aliphatic heterocycles. The van der Waals surface area contributed by atoms with Crippen LogP contribution >= 0.6 is 0 Å². The number of carbonyl (C=O) groups excluding carboxylic acids is 1. The minimum Gasteiger partial charge on any atom is -0.505 e. The van der Waals surface area contributed by atoms with Crippen molar-refractivity contribution in [3.63, 3.8) is 0 Å². The highest BCUT2D eigenvalue weighted by molar-refractivity contribution is 7.86. The smallest absolute Gasteiger partial charge is 0.296 e. The molecule has 21 nitrogen and oxygen atoms in total. The molecule has 1 amide bonds. The number of nitrogens with zero attached hydrogens (tertiary/aromatic N) is 9. The van der Waals surface area contributed by atoms with Crippen molar-refractivity contribution in [1.29, 1.82) is 0 Å². The minimum absolute atomic E-state index is 0.0621. The van der Waals surface area contributed by atoms with Crippen LogP contribution < -0.4 is 5.32 Å². The minimum atomic E-state index is -4.88. The number of amides is 1. The Kier molecular flexibility index (Phi) is 11.3. The van der Waals surface area contributed by atoms with Crippen LogP contribution in [0.3, 0.4) is 0 Å². The average Bonchev–Trinajstić information content (AvgIpc) is 3.62. The third-order valence-corrected chi connectivity index (χ3v) is 11.8. The number of hydrogen-bond acceptors (Lipinski definition) is 16. The number of hydrogen-bond donors (Lipinski definition) is 5. The largest absolute Gasteiger partial charge is 0.505 e. The number of carbonyl (C=O) groups is 1. The molecule has 0 aliphatic carbocycles. The number of nitrogens with one attached hydrogen (secondary N) is 1. The van der Waals surface area contributed by atoms with Gasteiger partial charge in [0, 0.05) is 11.1 Å². The highest BCUT2D eigenvalue weighted by Crippen LogP contribution is 2.43. The Morgan fingerprint density at radius 2 is 1.16 bits per heavy atom. The fourth-order valence-corrected chi connectivity index (χ4v) is 7.79. The van der Waals surface area contributed by atoms with Crippen LogP contribution in [0.25, 0.3) is 27.5 Å². The first-order chi connectivity index (χ1) is 29.2. The molecule has 1 heterocycles. The summed E-state index contributed by atoms with van der Waals surface area (Å²) in [5.41, 5.74) is 3.32. The molecule has 0 atom stereocenters. The van der Waals surface area contributed by atoms with E-state index in [1.54, 1.807) is 51.1 Å². The van der Waals surface area contributed by atoms with Gasteiger partial charge in [0.1, 0.15) is 32.2 Å². The van der Waals surface area contributed by atoms with E-state index in [2.05, 4.69) is 46.2 Å². The molecule has 6 aromatic carbocycles. The van der Waals surface area contributed by atoms with Crippen LogP contribution in [0.15, 0.2) is 136 Å². The molecule has 0 aliphatic rings. The standard InChI is InChI=1S/C38H30N10O11S3/c1-20-12-25(5-11-29(20)41-44-34-17-32-33(18-35(34)61(54,55)56)47-48(46-32)26-6-8-27(9-7-26)60(51,52)53)40-42-30-13-22(3)31(14-21(30)2)43-45-37-36(62(57,58)59)16-23-15-24(39-19-49)4-10-28(23)38(37)50/h4-19,50H,1-3H3,(H,39,49)(H,51,52,53)(H,54,55,56)(H,57,58,59)/b42-40-,44-41-,45-43-. The van der Waals surface area contributed by atoms with Gasteiger partial charge in [-0.05, 0) is 134 Å². The lowest BCUT2D eigenvalue weighted by Crippen LogP contribution is -2.01. The third kappa shape index (κ3) is 9.09. The molecule has 5 N–H and O–H groups in total. The summed E-state index contributed by atoms with van der Waals surface area (Å²) in [7, 11) is -14.1. The van der Waals surface area contributed by atoms with E-state index in [-0.39, 0.29) is 38.1 Å². The molecule has 0 saturated heterocycles. The maximum absolute atomic E-state index is 12.3. The van der Waals surface area contributed by atoms with E-state index in [0.717, 1.165) is 29.1 Å². The molecule has 62 heavy (non-hydrogen) atoms. The summed E-state index contributed by atoms with van der Waals surface area (Å²) in [4.78, 5) is 10.3. The van der Waals surface area contributed by atoms with Gasteiger partial charge >= 0.3 is 0 Å². The van der Waals surface area contributed by atoms with E-state index in [1.807, 2.05) is 0 Å². The average molecular weight is 899 g/mol. The first-order valence-corrected chi connectivity index (χ1v) is 21.9. The fraction of sp³-hybridized carbons (Fsp3) is 0.0789. The summed E-state index contributed by atoms with van der Waals surface area (Å²) in [6, 6.07) is 20.8. The summed E-state index contributed by atoms with van der Waals surface area (Å²) in [6.45, 7) is 5.13. The Hall–Kier alpha value is -7.22. The zero-order chi connectivity index (χ0) is 44.7. The molecule has 24 heteroatoms. The molecule has 7 aromatic rings. The predicted molar refractivity (Wildman–Crippen MR) is 223 cm³/mol. The van der Waals surface area contributed by atoms with Crippen molar-refractivity contribution in [1.82, 2.24) is 15.0 Å². The Morgan fingerprint density at radius 3 is 1.76 bits per heavy atom. The lowest BCUT2D eigenvalue weighted by atomic mass is 10.1. The van der Waals surface area contributed by atoms with E-state index in [9.17, 15) is 48.8 Å². The number of azo groups is 3. The van der Waals surface area contributed by atoms with Gasteiger partial charge in [-0.1, -0.05) is 0 Å². The van der Waals surface area contributed by atoms with Crippen molar-refractivity contribution in [2.24, 2.45) is 30.7 Å². The Morgan fingerprint density at radius 1 is 0.581 bits per heavy atom. The van der Waals surface area contributed by atoms with Gasteiger partial charge < -0.3 is 10.4 Å². The van der Waals surface area contributed by atoms with E-state index in [1.165, 1.54) is 36.4 Å². The number of aromatic hydroxyl groups is 1. The van der Waals surface area contributed by atoms with Gasteiger partial charge in [-0.15, -0.1) is 20.4 Å². The second kappa shape index (κ2) is 16.3. The summed E-state index contributed by atoms with van der Waals surface area (Å²) in [5.74, 6) is -0.558. The van der Waals surface area contributed by atoms with Crippen molar-refractivity contribution in [3.8, 4) is 11.4 Å². The Balaban J connectivity index is 1.12. The van der Waals surface area contributed by atoms with E-state index < -0.39 is 51.6 Å². The normalized spacial score (nSPS) is 12.7. The molecular formula is C38H30N10O11S3. The first kappa shape index (κ1) is 42.9. The van der Waals surface area contributed by atoms with Crippen LogP contribution in [0.2, 0.25) is 0 Å². The number of fused-ring (bicyclic) bond motifs is 2. The number of rotatable bonds is 12. The van der Waals surface area contributed by atoms with Crippen molar-refractivity contribution in [2.75, 3.05) is 5.32 Å². The molecule has 0 spiro atoms. The number of anilines is 1. The zero-order valence-corrected chi connectivity index (χ0v) is 34.6. The van der Waals surface area contributed by atoms with E-state index in [0.29, 0.717) is 51.5 Å². The molecule has 7 rings (SSSR count). The molecule has 0 fully saturated rings. The van der Waals surface area contributed by atoms with E-state index >= 15 is 0 Å². The highest BCUT2D eigenvalue weighted by Gasteiger charge is 2.23. The lowest BCUT2D eigenvalue weighted by Gasteiger charge is -2.10. The summed E-state index contributed by atoms with van der Waals surface area (Å²) in [5, 5.41) is 47.4. The van der Waals surface area contributed by atoms with Gasteiger partial charge in [0.25, 0.3) is 30.4 Å². The van der Waals surface area contributed by atoms with Crippen LogP contribution in [-0.4, -0.2) is 65.4 Å². The SMILES string of the molecule is Cc1cc(/N=N\c2c(S(=O)(=O)O)cc3cc(NC=O)ccc3c2O)c(C)cc1/N=N\c1ccc(/N=N\c2cc3nn(-c4ccc(S(=O)(=O)O)cc4)nc3cc2S(=O)(=O)O)c(C)c1. The predicted octanol–water partition coefficient (Wildman–Crippen LogP) is 8.76. The summed E-state index contributed by atoms with van der Waals surface area (Å²) < 4.78 is 101. The van der Waals surface area contributed by atoms with Gasteiger partial charge in [0.15, 0.2) is 5.75 Å². The molecule has 0 unspecified atom stereocenters. The summed E-state index contributed by atoms with van der Waals surface area (Å²) in [6.07, 6.45) is 0.431. The number of phenols is 1. The third-order valence-electron chi connectivity index (χ3n) is 9.15. The molecule has 1 aromatic heterocycles. The second-order valence-corrected chi connectivity index (χ2v) is 17.7. The topological polar surface area (TPSA) is 317 Å².